The van der Waals surface area contributed by atoms with Crippen molar-refractivity contribution in [1.29, 1.82) is 0 Å². The zero-order valence-electron chi connectivity index (χ0n) is 13.1. The molecule has 0 bridgehead atoms. The summed E-state index contributed by atoms with van der Waals surface area (Å²) in [4.78, 5) is 35.5. The van der Waals surface area contributed by atoms with Crippen molar-refractivity contribution >= 4 is 17.8 Å². The third kappa shape index (κ3) is 5.11. The van der Waals surface area contributed by atoms with Gasteiger partial charge in [0, 0.05) is 19.4 Å². The van der Waals surface area contributed by atoms with Gasteiger partial charge in [0.1, 0.15) is 6.54 Å². The highest BCUT2D eigenvalue weighted by atomic mass is 19.4. The van der Waals surface area contributed by atoms with Gasteiger partial charge in [0.25, 0.3) is 0 Å². The maximum atomic E-state index is 12.3. The van der Waals surface area contributed by atoms with Crippen LogP contribution in [0.5, 0.6) is 0 Å². The lowest BCUT2D eigenvalue weighted by atomic mass is 9.79. The molecule has 0 aliphatic carbocycles. The SMILES string of the molecule is CCC(CC)(CC(=O)N[C@@H]1CC(=O)N(CC(F)(F)F)C1)C(=O)O. The van der Waals surface area contributed by atoms with Gasteiger partial charge in [-0.1, -0.05) is 13.8 Å². The van der Waals surface area contributed by atoms with Gasteiger partial charge in [0.05, 0.1) is 11.5 Å². The fourth-order valence-corrected chi connectivity index (χ4v) is 2.70. The average Bonchev–Trinajstić information content (AvgIpc) is 2.73. The Balaban J connectivity index is 2.62. The number of hydrogen-bond acceptors (Lipinski definition) is 3. The fraction of sp³-hybridized carbons (Fsp3) is 0.786. The summed E-state index contributed by atoms with van der Waals surface area (Å²) >= 11 is 0. The quantitative estimate of drug-likeness (QED) is 0.737. The molecule has 6 nitrogen and oxygen atoms in total. The third-order valence-corrected chi connectivity index (χ3v) is 4.26. The molecule has 9 heteroatoms. The van der Waals surface area contributed by atoms with Gasteiger partial charge in [0.15, 0.2) is 0 Å². The minimum Gasteiger partial charge on any atom is -0.481 e. The molecular weight excluding hydrogens is 317 g/mol. The second kappa shape index (κ2) is 7.18. The van der Waals surface area contributed by atoms with Crippen molar-refractivity contribution in [2.24, 2.45) is 5.41 Å². The van der Waals surface area contributed by atoms with Crippen LogP contribution in [-0.4, -0.2) is 53.1 Å². The van der Waals surface area contributed by atoms with E-state index in [-0.39, 0.29) is 32.2 Å². The number of halogens is 3. The molecule has 0 radical (unpaired) electrons. The first kappa shape index (κ1) is 19.2. The van der Waals surface area contributed by atoms with Crippen LogP contribution in [0.1, 0.15) is 39.5 Å². The molecule has 1 fully saturated rings. The van der Waals surface area contributed by atoms with Gasteiger partial charge in [-0.3, -0.25) is 14.4 Å². The lowest BCUT2D eigenvalue weighted by Crippen LogP contribution is -2.42. The summed E-state index contributed by atoms with van der Waals surface area (Å²) in [5.74, 6) is -2.33. The molecule has 1 heterocycles. The number of rotatable bonds is 7. The molecule has 1 atom stereocenters. The number of hydrogen-bond donors (Lipinski definition) is 2. The van der Waals surface area contributed by atoms with Gasteiger partial charge in [0.2, 0.25) is 11.8 Å². The first-order valence-corrected chi connectivity index (χ1v) is 7.40. The number of nitrogens with zero attached hydrogens (tertiary/aromatic N) is 1. The maximum absolute atomic E-state index is 12.3. The Morgan fingerprint density at radius 2 is 1.87 bits per heavy atom. The number of aliphatic carboxylic acids is 1. The number of carboxylic acid groups (broad SMARTS) is 1. The second-order valence-corrected chi connectivity index (χ2v) is 5.83. The van der Waals surface area contributed by atoms with Crippen LogP contribution in [0.3, 0.4) is 0 Å². The Hall–Kier alpha value is -1.80. The van der Waals surface area contributed by atoms with Crippen molar-refractivity contribution in [3.8, 4) is 0 Å². The number of amides is 2. The van der Waals surface area contributed by atoms with Crippen molar-refractivity contribution in [2.45, 2.75) is 51.7 Å². The fourth-order valence-electron chi connectivity index (χ4n) is 2.70. The van der Waals surface area contributed by atoms with Crippen molar-refractivity contribution in [3.05, 3.63) is 0 Å². The van der Waals surface area contributed by atoms with Gasteiger partial charge in [-0.15, -0.1) is 0 Å². The van der Waals surface area contributed by atoms with E-state index in [0.29, 0.717) is 4.90 Å². The van der Waals surface area contributed by atoms with Crippen molar-refractivity contribution in [1.82, 2.24) is 10.2 Å². The van der Waals surface area contributed by atoms with E-state index in [2.05, 4.69) is 5.32 Å². The van der Waals surface area contributed by atoms with E-state index >= 15 is 0 Å². The molecule has 0 aromatic rings. The first-order chi connectivity index (χ1) is 10.5. The Bertz CT molecular complexity index is 475. The van der Waals surface area contributed by atoms with Gasteiger partial charge < -0.3 is 15.3 Å². The topological polar surface area (TPSA) is 86.7 Å². The molecule has 1 rings (SSSR count). The van der Waals surface area contributed by atoms with Crippen molar-refractivity contribution in [3.63, 3.8) is 0 Å². The summed E-state index contributed by atoms with van der Waals surface area (Å²) < 4.78 is 37.0. The highest BCUT2D eigenvalue weighted by Gasteiger charge is 2.41. The minimum atomic E-state index is -4.49. The molecule has 2 N–H and O–H groups in total. The molecule has 0 aromatic heterocycles. The Labute approximate surface area is 132 Å². The first-order valence-electron chi connectivity index (χ1n) is 7.40. The van der Waals surface area contributed by atoms with Crippen LogP contribution >= 0.6 is 0 Å². The molecule has 0 spiro atoms. The normalized spacial score (nSPS) is 19.1. The second-order valence-electron chi connectivity index (χ2n) is 5.83. The van der Waals surface area contributed by atoms with Crippen LogP contribution in [-0.2, 0) is 14.4 Å². The van der Waals surface area contributed by atoms with E-state index in [1.165, 1.54) is 0 Å². The van der Waals surface area contributed by atoms with Gasteiger partial charge >= 0.3 is 12.1 Å². The van der Waals surface area contributed by atoms with E-state index in [0.717, 1.165) is 0 Å². The van der Waals surface area contributed by atoms with Crippen LogP contribution in [0.2, 0.25) is 0 Å². The van der Waals surface area contributed by atoms with Crippen molar-refractivity contribution < 1.29 is 32.7 Å². The maximum Gasteiger partial charge on any atom is 0.406 e. The summed E-state index contributed by atoms with van der Waals surface area (Å²) in [6.45, 7) is 1.76. The van der Waals surface area contributed by atoms with E-state index in [1.54, 1.807) is 13.8 Å². The third-order valence-electron chi connectivity index (χ3n) is 4.26. The number of likely N-dealkylation sites (tertiary alicyclic amines) is 1. The van der Waals surface area contributed by atoms with E-state index < -0.39 is 42.0 Å². The molecule has 1 aliphatic rings. The molecule has 132 valence electrons. The van der Waals surface area contributed by atoms with Gasteiger partial charge in [-0.25, -0.2) is 0 Å². The standard InChI is InChI=1S/C14H21F3N2O4/c1-3-13(4-2,12(22)23)6-10(20)18-9-5-11(21)19(7-9)8-14(15,16)17/h9H,3-8H2,1-2H3,(H,18,20)(H,22,23)/t9-/m1/s1. The smallest absolute Gasteiger partial charge is 0.406 e. The van der Waals surface area contributed by atoms with Crippen LogP contribution in [0.25, 0.3) is 0 Å². The molecule has 1 saturated heterocycles. The zero-order chi connectivity index (χ0) is 17.8. The molecular formula is C14H21F3N2O4. The molecule has 0 unspecified atom stereocenters. The summed E-state index contributed by atoms with van der Waals surface area (Å²) in [5.41, 5.74) is -1.20. The number of carbonyl (C=O) groups excluding carboxylic acids is 2. The van der Waals surface area contributed by atoms with Crippen molar-refractivity contribution in [2.75, 3.05) is 13.1 Å². The largest absolute Gasteiger partial charge is 0.481 e. The van der Waals surface area contributed by atoms with E-state index in [1.807, 2.05) is 0 Å². The Kier molecular flexibility index (Phi) is 6.01. The summed E-state index contributed by atoms with van der Waals surface area (Å²) in [5, 5.41) is 11.7. The predicted molar refractivity (Wildman–Crippen MR) is 74.5 cm³/mol. The highest BCUT2D eigenvalue weighted by molar-refractivity contribution is 5.86. The molecule has 1 aliphatic heterocycles. The van der Waals surface area contributed by atoms with Crippen LogP contribution in [0.15, 0.2) is 0 Å². The van der Waals surface area contributed by atoms with Crippen LogP contribution in [0.4, 0.5) is 13.2 Å². The van der Waals surface area contributed by atoms with Gasteiger partial charge in [-0.2, -0.15) is 13.2 Å². The molecule has 23 heavy (non-hydrogen) atoms. The lowest BCUT2D eigenvalue weighted by molar-refractivity contribution is -0.157. The number of nitrogens with one attached hydrogen (secondary N) is 1. The molecule has 2 amide bonds. The number of carbonyl (C=O) groups is 3. The number of alkyl halides is 3. The summed E-state index contributed by atoms with van der Waals surface area (Å²) in [6.07, 6.45) is -4.44. The predicted octanol–water partition coefficient (Wildman–Crippen LogP) is 1.55. The van der Waals surface area contributed by atoms with Crippen LogP contribution < -0.4 is 5.32 Å². The summed E-state index contributed by atoms with van der Waals surface area (Å²) in [7, 11) is 0. The molecule has 0 saturated carbocycles. The highest BCUT2D eigenvalue weighted by Crippen LogP contribution is 2.31. The lowest BCUT2D eigenvalue weighted by Gasteiger charge is -2.26. The zero-order valence-corrected chi connectivity index (χ0v) is 13.1. The Morgan fingerprint density at radius 1 is 1.30 bits per heavy atom. The van der Waals surface area contributed by atoms with Crippen LogP contribution in [0, 0.1) is 5.41 Å². The summed E-state index contributed by atoms with van der Waals surface area (Å²) in [6, 6.07) is -0.724. The monoisotopic (exact) mass is 338 g/mol. The minimum absolute atomic E-state index is 0.208. The molecule has 0 aromatic carbocycles. The average molecular weight is 338 g/mol. The number of carboxylic acids is 1. The van der Waals surface area contributed by atoms with Gasteiger partial charge in [-0.05, 0) is 12.8 Å². The Morgan fingerprint density at radius 3 is 2.30 bits per heavy atom. The van der Waals surface area contributed by atoms with E-state index in [9.17, 15) is 32.7 Å². The van der Waals surface area contributed by atoms with E-state index in [4.69, 9.17) is 0 Å².